The van der Waals surface area contributed by atoms with Gasteiger partial charge < -0.3 is 14.2 Å². The highest BCUT2D eigenvalue weighted by molar-refractivity contribution is 6.26. The molecule has 1 aliphatic carbocycles. The van der Waals surface area contributed by atoms with E-state index >= 15 is 0 Å². The Balaban J connectivity index is 2.79. The third-order valence-electron chi connectivity index (χ3n) is 3.30. The smallest absolute Gasteiger partial charge is 0.204 e. The lowest BCUT2D eigenvalue weighted by molar-refractivity contribution is 0.0978. The highest BCUT2D eigenvalue weighted by atomic mass is 16.5. The van der Waals surface area contributed by atoms with E-state index in [9.17, 15) is 9.59 Å². The van der Waals surface area contributed by atoms with E-state index in [4.69, 9.17) is 14.2 Å². The summed E-state index contributed by atoms with van der Waals surface area (Å²) >= 11 is 0. The van der Waals surface area contributed by atoms with Gasteiger partial charge in [-0.25, -0.2) is 0 Å². The van der Waals surface area contributed by atoms with Crippen molar-refractivity contribution >= 4 is 11.6 Å². The Hall–Kier alpha value is -2.30. The lowest BCUT2D eigenvalue weighted by Gasteiger charge is -2.21. The zero-order valence-electron chi connectivity index (χ0n) is 11.9. The van der Waals surface area contributed by atoms with Crippen molar-refractivity contribution in [3.05, 3.63) is 28.8 Å². The molecule has 0 unspecified atom stereocenters. The maximum absolute atomic E-state index is 12.4. The van der Waals surface area contributed by atoms with Gasteiger partial charge in [-0.2, -0.15) is 0 Å². The number of fused-ring (bicyclic) bond motifs is 1. The van der Waals surface area contributed by atoms with Crippen LogP contribution in [0.15, 0.2) is 17.7 Å². The standard InChI is InChI=1S/C15H16O5/c1-5-8-6-10(16)9-7-11(18-2)14(19-3)15(20-4)12(9)13(8)17/h6-7H,5H2,1-4H3. The van der Waals surface area contributed by atoms with Crippen LogP contribution < -0.4 is 14.2 Å². The first kappa shape index (κ1) is 14.1. The van der Waals surface area contributed by atoms with Gasteiger partial charge >= 0.3 is 0 Å². The molecule has 106 valence electrons. The van der Waals surface area contributed by atoms with Gasteiger partial charge in [0.25, 0.3) is 0 Å². The average molecular weight is 276 g/mol. The molecular weight excluding hydrogens is 260 g/mol. The van der Waals surface area contributed by atoms with Crippen LogP contribution in [-0.2, 0) is 0 Å². The molecule has 5 nitrogen and oxygen atoms in total. The summed E-state index contributed by atoms with van der Waals surface area (Å²) in [6.07, 6.45) is 1.86. The molecule has 1 aromatic carbocycles. The van der Waals surface area contributed by atoms with E-state index in [1.807, 2.05) is 6.92 Å². The quantitative estimate of drug-likeness (QED) is 0.845. The van der Waals surface area contributed by atoms with E-state index in [0.29, 0.717) is 23.5 Å². The predicted molar refractivity (Wildman–Crippen MR) is 73.1 cm³/mol. The molecule has 2 rings (SSSR count). The van der Waals surface area contributed by atoms with Crippen molar-refractivity contribution in [2.75, 3.05) is 21.3 Å². The second kappa shape index (κ2) is 5.36. The molecule has 0 saturated carbocycles. The van der Waals surface area contributed by atoms with Crippen LogP contribution in [0.25, 0.3) is 0 Å². The Morgan fingerprint density at radius 1 is 1.00 bits per heavy atom. The summed E-state index contributed by atoms with van der Waals surface area (Å²) in [5.41, 5.74) is 0.990. The van der Waals surface area contributed by atoms with Gasteiger partial charge in [0.05, 0.1) is 26.9 Å². The Kier molecular flexibility index (Phi) is 3.79. The SMILES string of the molecule is CCC1=CC(=O)c2cc(OC)c(OC)c(OC)c2C1=O. The highest BCUT2D eigenvalue weighted by Crippen LogP contribution is 2.44. The van der Waals surface area contributed by atoms with Crippen molar-refractivity contribution in [3.63, 3.8) is 0 Å². The van der Waals surface area contributed by atoms with Crippen LogP contribution in [0.2, 0.25) is 0 Å². The molecule has 0 amide bonds. The summed E-state index contributed by atoms with van der Waals surface area (Å²) < 4.78 is 15.7. The molecule has 5 heteroatoms. The van der Waals surface area contributed by atoms with Crippen molar-refractivity contribution in [3.8, 4) is 17.2 Å². The fourth-order valence-corrected chi connectivity index (χ4v) is 2.30. The fourth-order valence-electron chi connectivity index (χ4n) is 2.30. The summed E-state index contributed by atoms with van der Waals surface area (Å²) in [5, 5.41) is 0. The van der Waals surface area contributed by atoms with Crippen molar-refractivity contribution < 1.29 is 23.8 Å². The first-order chi connectivity index (χ1) is 9.58. The predicted octanol–water partition coefficient (Wildman–Crippen LogP) is 2.43. The van der Waals surface area contributed by atoms with Crippen molar-refractivity contribution in [2.24, 2.45) is 0 Å². The molecule has 0 N–H and O–H groups in total. The number of benzene rings is 1. The summed E-state index contributed by atoms with van der Waals surface area (Å²) in [6, 6.07) is 1.51. The monoisotopic (exact) mass is 276 g/mol. The average Bonchev–Trinajstić information content (AvgIpc) is 2.48. The first-order valence-corrected chi connectivity index (χ1v) is 6.21. The van der Waals surface area contributed by atoms with Crippen LogP contribution in [0.3, 0.4) is 0 Å². The minimum atomic E-state index is -0.226. The van der Waals surface area contributed by atoms with Crippen molar-refractivity contribution in [2.45, 2.75) is 13.3 Å². The van der Waals surface area contributed by atoms with E-state index in [2.05, 4.69) is 0 Å². The molecule has 0 heterocycles. The van der Waals surface area contributed by atoms with Crippen LogP contribution in [0, 0.1) is 0 Å². The summed E-state index contributed by atoms with van der Waals surface area (Å²) in [4.78, 5) is 24.6. The van der Waals surface area contributed by atoms with Gasteiger partial charge in [0.15, 0.2) is 23.1 Å². The van der Waals surface area contributed by atoms with Crippen LogP contribution in [0.4, 0.5) is 0 Å². The Bertz CT molecular complexity index is 613. The van der Waals surface area contributed by atoms with Gasteiger partial charge in [-0.05, 0) is 18.6 Å². The van der Waals surface area contributed by atoms with E-state index in [1.54, 1.807) is 0 Å². The second-order valence-corrected chi connectivity index (χ2v) is 4.28. The Morgan fingerprint density at radius 2 is 1.65 bits per heavy atom. The lowest BCUT2D eigenvalue weighted by Crippen LogP contribution is -2.18. The zero-order chi connectivity index (χ0) is 14.9. The van der Waals surface area contributed by atoms with E-state index in [0.717, 1.165) is 0 Å². The number of hydrogen-bond acceptors (Lipinski definition) is 5. The summed E-state index contributed by atoms with van der Waals surface area (Å²) in [5.74, 6) is 0.472. The van der Waals surface area contributed by atoms with Gasteiger partial charge in [0, 0.05) is 11.1 Å². The molecule has 1 aliphatic rings. The number of ether oxygens (including phenoxy) is 3. The Labute approximate surface area is 117 Å². The van der Waals surface area contributed by atoms with Crippen LogP contribution in [0.5, 0.6) is 17.2 Å². The van der Waals surface area contributed by atoms with Crippen LogP contribution in [-0.4, -0.2) is 32.9 Å². The van der Waals surface area contributed by atoms with Crippen LogP contribution >= 0.6 is 0 Å². The maximum Gasteiger partial charge on any atom is 0.204 e. The molecule has 0 saturated heterocycles. The van der Waals surface area contributed by atoms with Gasteiger partial charge in [-0.15, -0.1) is 0 Å². The Morgan fingerprint density at radius 3 is 2.15 bits per heavy atom. The van der Waals surface area contributed by atoms with Gasteiger partial charge in [-0.1, -0.05) is 6.92 Å². The third-order valence-corrected chi connectivity index (χ3v) is 3.30. The number of carbonyl (C=O) groups excluding carboxylic acids is 2. The first-order valence-electron chi connectivity index (χ1n) is 6.21. The van der Waals surface area contributed by atoms with E-state index in [1.165, 1.54) is 33.5 Å². The van der Waals surface area contributed by atoms with Crippen LogP contribution in [0.1, 0.15) is 34.1 Å². The molecular formula is C15H16O5. The van der Waals surface area contributed by atoms with E-state index < -0.39 is 0 Å². The minimum absolute atomic E-state index is 0.208. The molecule has 0 bridgehead atoms. The molecule has 0 aromatic heterocycles. The molecule has 0 radical (unpaired) electrons. The van der Waals surface area contributed by atoms with Gasteiger partial charge in [-0.3, -0.25) is 9.59 Å². The number of Topliss-reactive ketones (excluding diaryl/α,β-unsaturated/α-hetero) is 1. The summed E-state index contributed by atoms with van der Waals surface area (Å²) in [6.45, 7) is 1.83. The van der Waals surface area contributed by atoms with Crippen molar-refractivity contribution in [1.82, 2.24) is 0 Å². The highest BCUT2D eigenvalue weighted by Gasteiger charge is 2.32. The molecule has 0 atom stereocenters. The lowest BCUT2D eigenvalue weighted by atomic mass is 9.87. The maximum atomic E-state index is 12.4. The molecule has 0 aliphatic heterocycles. The molecule has 20 heavy (non-hydrogen) atoms. The van der Waals surface area contributed by atoms with Gasteiger partial charge in [0.2, 0.25) is 5.75 Å². The van der Waals surface area contributed by atoms with Gasteiger partial charge in [0.1, 0.15) is 0 Å². The number of rotatable bonds is 4. The number of ketones is 2. The normalized spacial score (nSPS) is 13.7. The number of hydrogen-bond donors (Lipinski definition) is 0. The molecule has 1 aromatic rings. The number of carbonyl (C=O) groups is 2. The topological polar surface area (TPSA) is 61.8 Å². The fraction of sp³-hybridized carbons (Fsp3) is 0.333. The number of allylic oxidation sites excluding steroid dienone is 2. The molecule has 0 fully saturated rings. The largest absolute Gasteiger partial charge is 0.493 e. The zero-order valence-corrected chi connectivity index (χ0v) is 11.9. The van der Waals surface area contributed by atoms with Crippen molar-refractivity contribution in [1.29, 1.82) is 0 Å². The minimum Gasteiger partial charge on any atom is -0.493 e. The molecule has 0 spiro atoms. The summed E-state index contributed by atoms with van der Waals surface area (Å²) in [7, 11) is 4.35. The second-order valence-electron chi connectivity index (χ2n) is 4.28. The van der Waals surface area contributed by atoms with E-state index in [-0.39, 0.29) is 28.4 Å². The third kappa shape index (κ3) is 1.95. The number of methoxy groups -OCH3 is 3.